The second-order valence-corrected chi connectivity index (χ2v) is 7.37. The van der Waals surface area contributed by atoms with Crippen molar-refractivity contribution in [2.24, 2.45) is 0 Å². The van der Waals surface area contributed by atoms with Gasteiger partial charge in [0, 0.05) is 61.7 Å². The molecule has 31 heavy (non-hydrogen) atoms. The number of anilines is 2. The largest absolute Gasteiger partial charge is 0.369 e. The maximum absolute atomic E-state index is 13.3. The maximum atomic E-state index is 13.3. The van der Waals surface area contributed by atoms with Crippen molar-refractivity contribution in [3.05, 3.63) is 63.4 Å². The monoisotopic (exact) mass is 449 g/mol. The van der Waals surface area contributed by atoms with Crippen LogP contribution in [0.15, 0.2) is 42.5 Å². The molecule has 2 aromatic carbocycles. The first-order valence-electron chi connectivity index (χ1n) is 9.59. The Morgan fingerprint density at radius 2 is 1.74 bits per heavy atom. The third kappa shape index (κ3) is 6.12. The van der Waals surface area contributed by atoms with Crippen LogP contribution in [0.4, 0.5) is 21.5 Å². The topological polar surface area (TPSA) is 108 Å². The first kappa shape index (κ1) is 22.4. The van der Waals surface area contributed by atoms with Crippen LogP contribution in [0, 0.1) is 15.9 Å². The summed E-state index contributed by atoms with van der Waals surface area (Å²) in [5.74, 6) is -2.87. The van der Waals surface area contributed by atoms with Gasteiger partial charge in [0.05, 0.1) is 4.92 Å². The molecule has 2 amide bonds. The Morgan fingerprint density at radius 3 is 2.39 bits per heavy atom. The Kier molecular flexibility index (Phi) is 7.37. The van der Waals surface area contributed by atoms with Crippen LogP contribution >= 0.6 is 11.6 Å². The molecular weight excluding hydrogens is 429 g/mol. The van der Waals surface area contributed by atoms with Gasteiger partial charge in [-0.25, -0.2) is 0 Å². The minimum Gasteiger partial charge on any atom is -0.369 e. The van der Waals surface area contributed by atoms with Crippen LogP contribution in [0.3, 0.4) is 0 Å². The number of benzene rings is 2. The zero-order valence-corrected chi connectivity index (χ0v) is 17.3. The highest BCUT2D eigenvalue weighted by Crippen LogP contribution is 2.21. The van der Waals surface area contributed by atoms with Crippen molar-refractivity contribution in [1.29, 1.82) is 0 Å². The van der Waals surface area contributed by atoms with E-state index in [0.717, 1.165) is 50.1 Å². The minimum absolute atomic E-state index is 0.0356. The lowest BCUT2D eigenvalue weighted by Crippen LogP contribution is -2.49. The summed E-state index contributed by atoms with van der Waals surface area (Å²) in [5, 5.41) is 16.2. The summed E-state index contributed by atoms with van der Waals surface area (Å²) in [6, 6.07) is 10.5. The van der Waals surface area contributed by atoms with Crippen LogP contribution in [0.2, 0.25) is 5.02 Å². The zero-order valence-electron chi connectivity index (χ0n) is 16.5. The van der Waals surface area contributed by atoms with Gasteiger partial charge < -0.3 is 15.5 Å². The number of hydrogen-bond donors (Lipinski definition) is 2. The number of rotatable bonds is 6. The number of nitrogens with one attached hydrogen (secondary N) is 2. The van der Waals surface area contributed by atoms with Gasteiger partial charge in [-0.2, -0.15) is 4.39 Å². The second-order valence-electron chi connectivity index (χ2n) is 6.94. The number of nitro benzene ring substituents is 1. The van der Waals surface area contributed by atoms with Crippen molar-refractivity contribution >= 4 is 40.5 Å². The van der Waals surface area contributed by atoms with E-state index in [4.69, 9.17) is 11.6 Å². The van der Waals surface area contributed by atoms with E-state index in [2.05, 4.69) is 20.4 Å². The molecule has 0 aliphatic carbocycles. The number of nitrogens with zero attached hydrogens (tertiary/aromatic N) is 3. The third-order valence-electron chi connectivity index (χ3n) is 4.88. The van der Waals surface area contributed by atoms with Gasteiger partial charge >= 0.3 is 17.5 Å². The maximum Gasteiger partial charge on any atom is 0.313 e. The van der Waals surface area contributed by atoms with Gasteiger partial charge in [-0.1, -0.05) is 11.6 Å². The Bertz CT molecular complexity index is 965. The highest BCUT2D eigenvalue weighted by molar-refractivity contribution is 6.39. The standard InChI is InChI=1S/C20H21ClFN5O4/c21-14-1-4-16(5-2-14)26-11-9-25(10-12-26)8-7-23-19(28)20(29)24-15-3-6-17(22)18(13-15)27(30)31/h1-6,13H,7-12H2,(H,23,28)(H,24,29). The highest BCUT2D eigenvalue weighted by Gasteiger charge is 2.20. The molecule has 1 saturated heterocycles. The number of carbonyl (C=O) groups excluding carboxylic acids is 2. The van der Waals surface area contributed by atoms with Gasteiger partial charge in [-0.05, 0) is 36.4 Å². The van der Waals surface area contributed by atoms with Crippen molar-refractivity contribution in [1.82, 2.24) is 10.2 Å². The molecular formula is C20H21ClFN5O4. The fraction of sp³-hybridized carbons (Fsp3) is 0.300. The molecule has 3 rings (SSSR count). The highest BCUT2D eigenvalue weighted by atomic mass is 35.5. The van der Waals surface area contributed by atoms with Crippen LogP contribution in [0.25, 0.3) is 0 Å². The number of halogens is 2. The van der Waals surface area contributed by atoms with E-state index in [1.165, 1.54) is 0 Å². The Labute approximate surface area is 182 Å². The molecule has 0 bridgehead atoms. The normalized spacial score (nSPS) is 14.2. The molecule has 1 fully saturated rings. The van der Waals surface area contributed by atoms with Gasteiger partial charge in [-0.3, -0.25) is 24.6 Å². The average molecular weight is 450 g/mol. The summed E-state index contributed by atoms with van der Waals surface area (Å²) in [7, 11) is 0. The Morgan fingerprint density at radius 1 is 1.06 bits per heavy atom. The average Bonchev–Trinajstić information content (AvgIpc) is 2.76. The summed E-state index contributed by atoms with van der Waals surface area (Å²) >= 11 is 5.92. The van der Waals surface area contributed by atoms with Gasteiger partial charge in [-0.15, -0.1) is 0 Å². The number of amides is 2. The molecule has 9 nitrogen and oxygen atoms in total. The molecule has 1 aliphatic rings. The second kappa shape index (κ2) is 10.2. The molecule has 1 heterocycles. The van der Waals surface area contributed by atoms with E-state index in [9.17, 15) is 24.1 Å². The van der Waals surface area contributed by atoms with Crippen LogP contribution < -0.4 is 15.5 Å². The number of nitro groups is 1. The van der Waals surface area contributed by atoms with Crippen molar-refractivity contribution in [3.63, 3.8) is 0 Å². The van der Waals surface area contributed by atoms with Crippen molar-refractivity contribution < 1.29 is 18.9 Å². The first-order valence-corrected chi connectivity index (χ1v) is 9.97. The number of hydrogen-bond acceptors (Lipinski definition) is 6. The fourth-order valence-electron chi connectivity index (χ4n) is 3.21. The van der Waals surface area contributed by atoms with Crippen LogP contribution in [0.5, 0.6) is 0 Å². The smallest absolute Gasteiger partial charge is 0.313 e. The molecule has 0 saturated carbocycles. The first-order chi connectivity index (χ1) is 14.8. The predicted molar refractivity (Wildman–Crippen MR) is 115 cm³/mol. The predicted octanol–water partition coefficient (Wildman–Crippen LogP) is 2.26. The van der Waals surface area contributed by atoms with Crippen LogP contribution in [0.1, 0.15) is 0 Å². The molecule has 164 valence electrons. The molecule has 0 atom stereocenters. The van der Waals surface area contributed by atoms with E-state index < -0.39 is 28.2 Å². The molecule has 2 aromatic rings. The van der Waals surface area contributed by atoms with E-state index in [0.29, 0.717) is 11.6 Å². The molecule has 11 heteroatoms. The van der Waals surface area contributed by atoms with Crippen LogP contribution in [-0.4, -0.2) is 60.9 Å². The van der Waals surface area contributed by atoms with Crippen molar-refractivity contribution in [2.45, 2.75) is 0 Å². The van der Waals surface area contributed by atoms with Gasteiger partial charge in [0.2, 0.25) is 5.82 Å². The minimum atomic E-state index is -1.02. The SMILES string of the molecule is O=C(NCCN1CCN(c2ccc(Cl)cc2)CC1)C(=O)Nc1ccc(F)c([N+](=O)[O-])c1. The van der Waals surface area contributed by atoms with Crippen molar-refractivity contribution in [2.75, 3.05) is 49.5 Å². The Hall–Kier alpha value is -3.24. The lowest BCUT2D eigenvalue weighted by Gasteiger charge is -2.36. The molecule has 1 aliphatic heterocycles. The van der Waals surface area contributed by atoms with E-state index in [1.807, 2.05) is 24.3 Å². The van der Waals surface area contributed by atoms with E-state index >= 15 is 0 Å². The summed E-state index contributed by atoms with van der Waals surface area (Å²) in [4.78, 5) is 38.2. The van der Waals surface area contributed by atoms with Gasteiger partial charge in [0.25, 0.3) is 0 Å². The fourth-order valence-corrected chi connectivity index (χ4v) is 3.33. The zero-order chi connectivity index (χ0) is 22.4. The lowest BCUT2D eigenvalue weighted by molar-refractivity contribution is -0.387. The van der Waals surface area contributed by atoms with Gasteiger partial charge in [0.15, 0.2) is 0 Å². The van der Waals surface area contributed by atoms with Crippen molar-refractivity contribution in [3.8, 4) is 0 Å². The molecule has 2 N–H and O–H groups in total. The molecule has 0 unspecified atom stereocenters. The lowest BCUT2D eigenvalue weighted by atomic mass is 10.2. The third-order valence-corrected chi connectivity index (χ3v) is 5.14. The number of carbonyl (C=O) groups is 2. The van der Waals surface area contributed by atoms with E-state index in [-0.39, 0.29) is 12.2 Å². The molecule has 0 aromatic heterocycles. The Balaban J connectivity index is 1.40. The molecule has 0 radical (unpaired) electrons. The number of piperazine rings is 1. The molecule has 0 spiro atoms. The van der Waals surface area contributed by atoms with Gasteiger partial charge in [0.1, 0.15) is 0 Å². The summed E-state index contributed by atoms with van der Waals surface area (Å²) in [5.41, 5.74) is 0.289. The summed E-state index contributed by atoms with van der Waals surface area (Å²) < 4.78 is 13.3. The van der Waals surface area contributed by atoms with E-state index in [1.54, 1.807) is 0 Å². The summed E-state index contributed by atoms with van der Waals surface area (Å²) in [6.07, 6.45) is 0. The van der Waals surface area contributed by atoms with Crippen LogP contribution in [-0.2, 0) is 9.59 Å². The quantitative estimate of drug-likeness (QED) is 0.398. The summed E-state index contributed by atoms with van der Waals surface area (Å²) in [6.45, 7) is 4.14.